The first-order valence-electron chi connectivity index (χ1n) is 5.49. The molecule has 0 saturated carbocycles. The van der Waals surface area contributed by atoms with Crippen molar-refractivity contribution in [2.24, 2.45) is 0 Å². The van der Waals surface area contributed by atoms with E-state index in [2.05, 4.69) is 15.0 Å². The van der Waals surface area contributed by atoms with Crippen LogP contribution in [0.25, 0.3) is 11.2 Å². The summed E-state index contributed by atoms with van der Waals surface area (Å²) in [5.41, 5.74) is 1.34. The zero-order valence-corrected chi connectivity index (χ0v) is 10.6. The summed E-state index contributed by atoms with van der Waals surface area (Å²) in [6, 6.07) is 3.73. The Balaban J connectivity index is 2.31. The number of aromatic amines is 1. The predicted molar refractivity (Wildman–Crippen MR) is 65.2 cm³/mol. The number of pyridine rings is 1. The monoisotopic (exact) mass is 235 g/mol. The maximum atomic E-state index is 5.38. The van der Waals surface area contributed by atoms with Gasteiger partial charge in [0.05, 0.1) is 18.2 Å². The first kappa shape index (κ1) is 11.9. The van der Waals surface area contributed by atoms with Crippen molar-refractivity contribution < 1.29 is 9.47 Å². The maximum Gasteiger partial charge on any atom is 0.215 e. The summed E-state index contributed by atoms with van der Waals surface area (Å²) in [7, 11) is 3.29. The van der Waals surface area contributed by atoms with Gasteiger partial charge < -0.3 is 14.5 Å². The van der Waals surface area contributed by atoms with Crippen LogP contribution < -0.4 is 4.74 Å². The molecule has 17 heavy (non-hydrogen) atoms. The van der Waals surface area contributed by atoms with Gasteiger partial charge in [0.1, 0.15) is 5.82 Å². The molecule has 2 heterocycles. The number of H-pyrrole nitrogens is 1. The molecule has 0 unspecified atom stereocenters. The number of nitrogens with one attached hydrogen (secondary N) is 1. The summed E-state index contributed by atoms with van der Waals surface area (Å²) >= 11 is 0. The van der Waals surface area contributed by atoms with E-state index in [4.69, 9.17) is 9.47 Å². The van der Waals surface area contributed by atoms with Crippen molar-refractivity contribution in [2.75, 3.05) is 14.2 Å². The molecule has 0 bridgehead atoms. The number of nitrogens with zero attached hydrogens (tertiary/aromatic N) is 2. The lowest BCUT2D eigenvalue weighted by molar-refractivity contribution is 0.0218. The Kier molecular flexibility index (Phi) is 3.02. The van der Waals surface area contributed by atoms with Crippen molar-refractivity contribution in [2.45, 2.75) is 25.9 Å². The van der Waals surface area contributed by atoms with Gasteiger partial charge >= 0.3 is 0 Å². The van der Waals surface area contributed by atoms with Gasteiger partial charge in [0.2, 0.25) is 5.88 Å². The maximum absolute atomic E-state index is 5.38. The van der Waals surface area contributed by atoms with E-state index in [0.717, 1.165) is 11.3 Å². The van der Waals surface area contributed by atoms with E-state index in [9.17, 15) is 0 Å². The zero-order valence-electron chi connectivity index (χ0n) is 10.6. The Morgan fingerprint density at radius 1 is 1.24 bits per heavy atom. The highest BCUT2D eigenvalue weighted by Gasteiger charge is 2.19. The predicted octanol–water partition coefficient (Wildman–Crippen LogP) is 1.93. The highest BCUT2D eigenvalue weighted by molar-refractivity contribution is 5.71. The third-order valence-electron chi connectivity index (χ3n) is 2.72. The molecule has 92 valence electrons. The molecular formula is C12H17N3O2. The van der Waals surface area contributed by atoms with Crippen LogP contribution in [0.3, 0.4) is 0 Å². The van der Waals surface area contributed by atoms with Crippen molar-refractivity contribution in [1.29, 1.82) is 0 Å². The Morgan fingerprint density at radius 2 is 2.00 bits per heavy atom. The fraction of sp³-hybridized carbons (Fsp3) is 0.500. The summed E-state index contributed by atoms with van der Waals surface area (Å²) in [5, 5.41) is 0. The second kappa shape index (κ2) is 4.33. The zero-order chi connectivity index (χ0) is 12.5. The van der Waals surface area contributed by atoms with Gasteiger partial charge in [-0.1, -0.05) is 0 Å². The number of ether oxygens (including phenoxy) is 2. The van der Waals surface area contributed by atoms with Crippen LogP contribution in [0.15, 0.2) is 12.1 Å². The van der Waals surface area contributed by atoms with Crippen LogP contribution in [-0.2, 0) is 11.2 Å². The average Bonchev–Trinajstić information content (AvgIpc) is 2.68. The van der Waals surface area contributed by atoms with Crippen LogP contribution in [-0.4, -0.2) is 34.8 Å². The van der Waals surface area contributed by atoms with Gasteiger partial charge in [0.25, 0.3) is 0 Å². The number of hydrogen-bond acceptors (Lipinski definition) is 4. The smallest absolute Gasteiger partial charge is 0.215 e. The van der Waals surface area contributed by atoms with E-state index in [1.807, 2.05) is 26.0 Å². The molecule has 2 rings (SSSR count). The number of hydrogen-bond donors (Lipinski definition) is 1. The van der Waals surface area contributed by atoms with E-state index >= 15 is 0 Å². The molecule has 0 aromatic carbocycles. The molecule has 0 aliphatic heterocycles. The van der Waals surface area contributed by atoms with Gasteiger partial charge in [-0.05, 0) is 19.9 Å². The van der Waals surface area contributed by atoms with Gasteiger partial charge in [0, 0.05) is 19.6 Å². The van der Waals surface area contributed by atoms with E-state index < -0.39 is 0 Å². The van der Waals surface area contributed by atoms with Crippen molar-refractivity contribution in [1.82, 2.24) is 15.0 Å². The van der Waals surface area contributed by atoms with Crippen LogP contribution in [0.4, 0.5) is 0 Å². The topological polar surface area (TPSA) is 60.0 Å². The van der Waals surface area contributed by atoms with Crippen LogP contribution in [0.1, 0.15) is 19.7 Å². The number of methoxy groups -OCH3 is 2. The molecule has 5 heteroatoms. The van der Waals surface area contributed by atoms with Crippen LogP contribution in [0.5, 0.6) is 5.88 Å². The fourth-order valence-electron chi connectivity index (χ4n) is 1.60. The minimum atomic E-state index is -0.238. The first-order chi connectivity index (χ1) is 8.04. The Labute approximate surface area is 100 Å². The number of rotatable bonds is 4. The molecule has 0 amide bonds. The van der Waals surface area contributed by atoms with Crippen molar-refractivity contribution in [3.63, 3.8) is 0 Å². The molecule has 5 nitrogen and oxygen atoms in total. The lowest BCUT2D eigenvalue weighted by atomic mass is 10.1. The lowest BCUT2D eigenvalue weighted by Crippen LogP contribution is -2.26. The second-order valence-corrected chi connectivity index (χ2v) is 4.55. The van der Waals surface area contributed by atoms with Gasteiger partial charge in [-0.25, -0.2) is 4.98 Å². The lowest BCUT2D eigenvalue weighted by Gasteiger charge is -2.20. The molecule has 0 fully saturated rings. The van der Waals surface area contributed by atoms with E-state index in [1.165, 1.54) is 0 Å². The minimum absolute atomic E-state index is 0.238. The molecule has 0 saturated heterocycles. The molecule has 0 aliphatic carbocycles. The number of aromatic nitrogens is 3. The molecular weight excluding hydrogens is 218 g/mol. The summed E-state index contributed by atoms with van der Waals surface area (Å²) in [6.07, 6.45) is 0.710. The highest BCUT2D eigenvalue weighted by atomic mass is 16.5. The van der Waals surface area contributed by atoms with Gasteiger partial charge in [-0.3, -0.25) is 0 Å². The Hall–Kier alpha value is -1.62. The normalized spacial score (nSPS) is 12.0. The molecule has 2 aromatic heterocycles. The summed E-state index contributed by atoms with van der Waals surface area (Å²) in [4.78, 5) is 11.9. The first-order valence-corrected chi connectivity index (χ1v) is 5.49. The number of imidazole rings is 1. The highest BCUT2D eigenvalue weighted by Crippen LogP contribution is 2.18. The van der Waals surface area contributed by atoms with E-state index in [0.29, 0.717) is 17.9 Å². The largest absolute Gasteiger partial charge is 0.481 e. The quantitative estimate of drug-likeness (QED) is 0.879. The fourth-order valence-corrected chi connectivity index (χ4v) is 1.60. The van der Waals surface area contributed by atoms with Crippen molar-refractivity contribution >= 4 is 11.2 Å². The Morgan fingerprint density at radius 3 is 2.65 bits per heavy atom. The average molecular weight is 235 g/mol. The van der Waals surface area contributed by atoms with Gasteiger partial charge in [-0.2, -0.15) is 4.98 Å². The SMILES string of the molecule is COc1ccc2[nH]c(CC(C)(C)OC)nc2n1. The number of fused-ring (bicyclic) bond motifs is 1. The molecule has 2 aromatic rings. The summed E-state index contributed by atoms with van der Waals surface area (Å²) < 4.78 is 10.4. The van der Waals surface area contributed by atoms with Crippen molar-refractivity contribution in [3.8, 4) is 5.88 Å². The molecule has 0 spiro atoms. The molecule has 0 radical (unpaired) electrons. The van der Waals surface area contributed by atoms with Gasteiger partial charge in [-0.15, -0.1) is 0 Å². The van der Waals surface area contributed by atoms with Crippen LogP contribution >= 0.6 is 0 Å². The Bertz CT molecular complexity index is 519. The van der Waals surface area contributed by atoms with E-state index in [-0.39, 0.29) is 5.60 Å². The molecule has 0 aliphatic rings. The molecule has 1 N–H and O–H groups in total. The second-order valence-electron chi connectivity index (χ2n) is 4.55. The van der Waals surface area contributed by atoms with Gasteiger partial charge in [0.15, 0.2) is 5.65 Å². The van der Waals surface area contributed by atoms with Crippen LogP contribution in [0.2, 0.25) is 0 Å². The minimum Gasteiger partial charge on any atom is -0.481 e. The third-order valence-corrected chi connectivity index (χ3v) is 2.72. The van der Waals surface area contributed by atoms with E-state index in [1.54, 1.807) is 14.2 Å². The summed E-state index contributed by atoms with van der Waals surface area (Å²) in [6.45, 7) is 4.04. The third kappa shape index (κ3) is 2.55. The molecule has 0 atom stereocenters. The summed E-state index contributed by atoms with van der Waals surface area (Å²) in [5.74, 6) is 1.44. The van der Waals surface area contributed by atoms with Crippen molar-refractivity contribution in [3.05, 3.63) is 18.0 Å². The standard InChI is InChI=1S/C12H17N3O2/c1-12(2,17-4)7-9-13-8-5-6-10(16-3)15-11(8)14-9/h5-6H,7H2,1-4H3,(H,13,14,15). The van der Waals surface area contributed by atoms with Crippen LogP contribution in [0, 0.1) is 0 Å².